The molecule has 1 aliphatic rings. The van der Waals surface area contributed by atoms with E-state index in [1.54, 1.807) is 7.11 Å². The first kappa shape index (κ1) is 22.2. The van der Waals surface area contributed by atoms with Crippen LogP contribution in [0, 0.1) is 12.8 Å². The van der Waals surface area contributed by atoms with Gasteiger partial charge in [0.1, 0.15) is 22.2 Å². The molecular weight excluding hydrogens is 430 g/mol. The summed E-state index contributed by atoms with van der Waals surface area (Å²) in [5.74, 6) is 1.84. The second-order valence-corrected chi connectivity index (χ2v) is 10.2. The molecule has 1 aromatic carbocycles. The van der Waals surface area contributed by atoms with E-state index in [0.717, 1.165) is 39.6 Å². The Labute approximate surface area is 190 Å². The number of rotatable bonds is 6. The molecule has 0 radical (unpaired) electrons. The Morgan fingerprint density at radius 2 is 2.16 bits per heavy atom. The summed E-state index contributed by atoms with van der Waals surface area (Å²) in [6, 6.07) is 9.44. The van der Waals surface area contributed by atoms with Crippen LogP contribution < -0.4 is 4.74 Å². The minimum atomic E-state index is -0.862. The summed E-state index contributed by atoms with van der Waals surface area (Å²) in [6.45, 7) is 5.62. The third-order valence-electron chi connectivity index (χ3n) is 5.90. The van der Waals surface area contributed by atoms with Crippen LogP contribution in [0.4, 0.5) is 0 Å². The Bertz CT molecular complexity index is 1120. The molecule has 0 amide bonds. The smallest absolute Gasteiger partial charge is 0.183 e. The number of Topliss-reactive ketones (excluding diaryl/α,β-unsaturated/α-hetero) is 1. The third kappa shape index (κ3) is 4.48. The number of fused-ring (bicyclic) bond motifs is 1. The molecule has 3 heterocycles. The molecule has 0 bridgehead atoms. The SMILES string of the molecule is COc1ccc2nc(C)nc(SCC(=O)c3ccc([C@@]4(O)CCN(C)C[C@@H]4C)s3)c2c1. The van der Waals surface area contributed by atoms with E-state index in [1.807, 2.05) is 37.3 Å². The number of benzene rings is 1. The van der Waals surface area contributed by atoms with Crippen molar-refractivity contribution in [3.63, 3.8) is 0 Å². The molecule has 6 nitrogen and oxygen atoms in total. The summed E-state index contributed by atoms with van der Waals surface area (Å²) in [7, 11) is 3.70. The number of aromatic nitrogens is 2. The third-order valence-corrected chi connectivity index (χ3v) is 8.19. The maximum atomic E-state index is 12.9. The van der Waals surface area contributed by atoms with Crippen LogP contribution in [0.25, 0.3) is 10.9 Å². The highest BCUT2D eigenvalue weighted by Gasteiger charge is 2.40. The highest BCUT2D eigenvalue weighted by molar-refractivity contribution is 8.00. The molecule has 3 aromatic rings. The molecule has 1 aliphatic heterocycles. The van der Waals surface area contributed by atoms with Gasteiger partial charge in [0.05, 0.1) is 23.3 Å². The predicted molar refractivity (Wildman–Crippen MR) is 125 cm³/mol. The van der Waals surface area contributed by atoms with Crippen LogP contribution in [0.1, 0.15) is 33.7 Å². The average Bonchev–Trinajstić information content (AvgIpc) is 3.25. The van der Waals surface area contributed by atoms with Gasteiger partial charge in [-0.3, -0.25) is 4.79 Å². The quantitative estimate of drug-likeness (QED) is 0.339. The Balaban J connectivity index is 1.51. The zero-order valence-corrected chi connectivity index (χ0v) is 19.8. The van der Waals surface area contributed by atoms with Gasteiger partial charge in [-0.05, 0) is 50.7 Å². The lowest BCUT2D eigenvalue weighted by Crippen LogP contribution is -2.47. The molecule has 2 aromatic heterocycles. The molecule has 0 unspecified atom stereocenters. The Morgan fingerprint density at radius 3 is 2.90 bits per heavy atom. The molecule has 8 heteroatoms. The van der Waals surface area contributed by atoms with E-state index in [2.05, 4.69) is 28.8 Å². The number of hydrogen-bond acceptors (Lipinski definition) is 8. The van der Waals surface area contributed by atoms with E-state index >= 15 is 0 Å². The Morgan fingerprint density at radius 1 is 1.35 bits per heavy atom. The number of ether oxygens (including phenoxy) is 1. The number of hydrogen-bond donors (Lipinski definition) is 1. The number of carbonyl (C=O) groups is 1. The van der Waals surface area contributed by atoms with Gasteiger partial charge in [0, 0.05) is 29.3 Å². The fourth-order valence-electron chi connectivity index (χ4n) is 4.04. The zero-order valence-electron chi connectivity index (χ0n) is 18.2. The summed E-state index contributed by atoms with van der Waals surface area (Å²) < 4.78 is 5.33. The molecule has 1 N–H and O–H groups in total. The molecule has 0 spiro atoms. The van der Waals surface area contributed by atoms with E-state index in [9.17, 15) is 9.90 Å². The number of ketones is 1. The fourth-order valence-corrected chi connectivity index (χ4v) is 6.24. The Hall–Kier alpha value is -2.00. The summed E-state index contributed by atoms with van der Waals surface area (Å²) in [5, 5.41) is 12.9. The molecule has 1 fully saturated rings. The van der Waals surface area contributed by atoms with Crippen molar-refractivity contribution < 1.29 is 14.6 Å². The van der Waals surface area contributed by atoms with Crippen LogP contribution in [-0.2, 0) is 5.60 Å². The first-order valence-electron chi connectivity index (χ1n) is 10.3. The number of methoxy groups -OCH3 is 1. The molecular formula is C23H27N3O3S2. The van der Waals surface area contributed by atoms with E-state index in [4.69, 9.17) is 4.74 Å². The maximum Gasteiger partial charge on any atom is 0.183 e. The van der Waals surface area contributed by atoms with Crippen molar-refractivity contribution in [3.05, 3.63) is 45.9 Å². The van der Waals surface area contributed by atoms with Crippen molar-refractivity contribution in [3.8, 4) is 5.75 Å². The second kappa shape index (κ2) is 8.86. The summed E-state index contributed by atoms with van der Waals surface area (Å²) in [5.41, 5.74) is -0.0283. The molecule has 0 saturated carbocycles. The van der Waals surface area contributed by atoms with Crippen LogP contribution in [0.2, 0.25) is 0 Å². The van der Waals surface area contributed by atoms with Gasteiger partial charge in [-0.2, -0.15) is 0 Å². The average molecular weight is 458 g/mol. The van der Waals surface area contributed by atoms with Gasteiger partial charge in [0.2, 0.25) is 0 Å². The lowest BCUT2D eigenvalue weighted by atomic mass is 9.81. The van der Waals surface area contributed by atoms with Crippen molar-refractivity contribution in [2.75, 3.05) is 33.0 Å². The van der Waals surface area contributed by atoms with E-state index in [1.165, 1.54) is 23.1 Å². The van der Waals surface area contributed by atoms with Crippen molar-refractivity contribution in [2.24, 2.45) is 5.92 Å². The minimum absolute atomic E-state index is 0.0396. The number of thiophene rings is 1. The topological polar surface area (TPSA) is 75.5 Å². The Kier molecular flexibility index (Phi) is 6.35. The van der Waals surface area contributed by atoms with Crippen LogP contribution in [-0.4, -0.2) is 58.8 Å². The van der Waals surface area contributed by atoms with Crippen molar-refractivity contribution in [1.82, 2.24) is 14.9 Å². The number of nitrogens with zero attached hydrogens (tertiary/aromatic N) is 3. The molecule has 164 valence electrons. The van der Waals surface area contributed by atoms with Gasteiger partial charge in [-0.15, -0.1) is 11.3 Å². The molecule has 0 aliphatic carbocycles. The van der Waals surface area contributed by atoms with Gasteiger partial charge in [0.15, 0.2) is 5.78 Å². The van der Waals surface area contributed by atoms with Gasteiger partial charge in [-0.1, -0.05) is 18.7 Å². The minimum Gasteiger partial charge on any atom is -0.497 e. The standard InChI is InChI=1S/C23H27N3O3S2/c1-14-12-26(3)10-9-23(14,28)21-8-7-20(31-21)19(27)13-30-22-17-11-16(29-4)5-6-18(17)24-15(2)25-22/h5-8,11,14,28H,9-10,12-13H2,1-4H3/t14-,23+/m0/s1. The number of carbonyl (C=O) groups excluding carboxylic acids is 1. The zero-order chi connectivity index (χ0) is 22.2. The summed E-state index contributed by atoms with van der Waals surface area (Å²) in [4.78, 5) is 25.8. The summed E-state index contributed by atoms with van der Waals surface area (Å²) >= 11 is 2.83. The lowest BCUT2D eigenvalue weighted by Gasteiger charge is -2.41. The molecule has 2 atom stereocenters. The highest BCUT2D eigenvalue weighted by Crippen LogP contribution is 2.40. The first-order chi connectivity index (χ1) is 14.8. The van der Waals surface area contributed by atoms with Gasteiger partial charge in [-0.25, -0.2) is 9.97 Å². The second-order valence-electron chi connectivity index (χ2n) is 8.17. The largest absolute Gasteiger partial charge is 0.497 e. The van der Waals surface area contributed by atoms with Crippen LogP contribution in [0.15, 0.2) is 35.4 Å². The first-order valence-corrected chi connectivity index (χ1v) is 12.1. The molecule has 4 rings (SSSR count). The van der Waals surface area contributed by atoms with Crippen LogP contribution >= 0.6 is 23.1 Å². The normalized spacial score (nSPS) is 22.0. The number of aliphatic hydroxyl groups is 1. The molecule has 31 heavy (non-hydrogen) atoms. The van der Waals surface area contributed by atoms with Gasteiger partial charge in [0.25, 0.3) is 0 Å². The number of piperidine rings is 1. The lowest BCUT2D eigenvalue weighted by molar-refractivity contribution is -0.0631. The van der Waals surface area contributed by atoms with Crippen molar-refractivity contribution in [2.45, 2.75) is 30.9 Å². The fraction of sp³-hybridized carbons (Fsp3) is 0.435. The summed E-state index contributed by atoms with van der Waals surface area (Å²) in [6.07, 6.45) is 0.682. The van der Waals surface area contributed by atoms with Gasteiger partial charge >= 0.3 is 0 Å². The monoisotopic (exact) mass is 457 g/mol. The number of aryl methyl sites for hydroxylation is 1. The van der Waals surface area contributed by atoms with Crippen LogP contribution in [0.3, 0.4) is 0 Å². The number of likely N-dealkylation sites (tertiary alicyclic amines) is 1. The maximum absolute atomic E-state index is 12.9. The molecule has 1 saturated heterocycles. The van der Waals surface area contributed by atoms with Crippen molar-refractivity contribution >= 4 is 39.8 Å². The van der Waals surface area contributed by atoms with Gasteiger partial charge < -0.3 is 14.7 Å². The predicted octanol–water partition coefficient (Wildman–Crippen LogP) is 4.14. The van der Waals surface area contributed by atoms with E-state index in [0.29, 0.717) is 17.1 Å². The highest BCUT2D eigenvalue weighted by atomic mass is 32.2. The van der Waals surface area contributed by atoms with E-state index < -0.39 is 5.60 Å². The van der Waals surface area contributed by atoms with E-state index in [-0.39, 0.29) is 17.5 Å². The van der Waals surface area contributed by atoms with Crippen LogP contribution in [0.5, 0.6) is 5.75 Å². The van der Waals surface area contributed by atoms with Crippen molar-refractivity contribution in [1.29, 1.82) is 0 Å². The number of thioether (sulfide) groups is 1.